The Morgan fingerprint density at radius 1 is 0.786 bits per heavy atom. The average molecular weight is 224 g/mol. The largest absolute Gasteiger partial charge is 0.255 e. The number of aromatic nitrogens is 1. The van der Waals surface area contributed by atoms with E-state index in [0.29, 0.717) is 5.02 Å². The molecule has 0 spiro atoms. The fraction of sp³-hybridized carbons (Fsp3) is 0. The Bertz CT molecular complexity index is 377. The number of pyridine rings is 1. The van der Waals surface area contributed by atoms with Crippen molar-refractivity contribution >= 4 is 23.2 Å². The summed E-state index contributed by atoms with van der Waals surface area (Å²) in [6, 6.07) is 11.2. The maximum atomic E-state index is 5.78. The molecule has 3 heteroatoms. The first-order chi connectivity index (χ1) is 6.75. The standard InChI is InChI=1S/C11H7Cl2N/c12-9-3-1-8(2-4-9)11-6-5-10(13)7-14-11/h1-7H. The molecular formula is C11H7Cl2N. The molecule has 1 heterocycles. The van der Waals surface area contributed by atoms with Crippen molar-refractivity contribution in [1.29, 1.82) is 0 Å². The van der Waals surface area contributed by atoms with Gasteiger partial charge in [0.2, 0.25) is 0 Å². The van der Waals surface area contributed by atoms with Crippen molar-refractivity contribution in [2.24, 2.45) is 0 Å². The summed E-state index contributed by atoms with van der Waals surface area (Å²) >= 11 is 11.5. The molecule has 2 rings (SSSR count). The lowest BCUT2D eigenvalue weighted by atomic mass is 10.1. The second-order valence-corrected chi connectivity index (χ2v) is 3.74. The average Bonchev–Trinajstić information content (AvgIpc) is 2.21. The first-order valence-electron chi connectivity index (χ1n) is 4.13. The number of rotatable bonds is 1. The number of nitrogens with zero attached hydrogens (tertiary/aromatic N) is 1. The highest BCUT2D eigenvalue weighted by Crippen LogP contribution is 2.20. The van der Waals surface area contributed by atoms with Crippen LogP contribution in [0, 0.1) is 0 Å². The predicted molar refractivity (Wildman–Crippen MR) is 59.7 cm³/mol. The minimum Gasteiger partial charge on any atom is -0.255 e. The zero-order valence-corrected chi connectivity index (χ0v) is 8.76. The lowest BCUT2D eigenvalue weighted by molar-refractivity contribution is 1.33. The van der Waals surface area contributed by atoms with Gasteiger partial charge in [-0.2, -0.15) is 0 Å². The minimum absolute atomic E-state index is 0.641. The summed E-state index contributed by atoms with van der Waals surface area (Å²) in [5.74, 6) is 0. The molecule has 0 atom stereocenters. The molecule has 1 aromatic heterocycles. The van der Waals surface area contributed by atoms with Gasteiger partial charge in [-0.05, 0) is 24.3 Å². The Hall–Kier alpha value is -1.05. The fourth-order valence-electron chi connectivity index (χ4n) is 1.17. The lowest BCUT2D eigenvalue weighted by Gasteiger charge is -2.00. The quantitative estimate of drug-likeness (QED) is 0.711. The normalized spacial score (nSPS) is 10.1. The van der Waals surface area contributed by atoms with Crippen molar-refractivity contribution in [2.75, 3.05) is 0 Å². The van der Waals surface area contributed by atoms with E-state index in [2.05, 4.69) is 4.98 Å². The Morgan fingerprint density at radius 2 is 1.43 bits per heavy atom. The second kappa shape index (κ2) is 3.99. The highest BCUT2D eigenvalue weighted by atomic mass is 35.5. The molecule has 0 N–H and O–H groups in total. The van der Waals surface area contributed by atoms with E-state index >= 15 is 0 Å². The van der Waals surface area contributed by atoms with Crippen LogP contribution in [-0.4, -0.2) is 4.98 Å². The van der Waals surface area contributed by atoms with Gasteiger partial charge in [-0.25, -0.2) is 0 Å². The smallest absolute Gasteiger partial charge is 0.0703 e. The Kier molecular flexibility index (Phi) is 2.71. The lowest BCUT2D eigenvalue weighted by Crippen LogP contribution is -1.81. The number of hydrogen-bond acceptors (Lipinski definition) is 1. The second-order valence-electron chi connectivity index (χ2n) is 2.87. The van der Waals surface area contributed by atoms with E-state index in [1.54, 1.807) is 6.20 Å². The third kappa shape index (κ3) is 2.06. The van der Waals surface area contributed by atoms with Crippen LogP contribution >= 0.6 is 23.2 Å². The van der Waals surface area contributed by atoms with Crippen LogP contribution in [0.4, 0.5) is 0 Å². The van der Waals surface area contributed by atoms with Gasteiger partial charge < -0.3 is 0 Å². The van der Waals surface area contributed by atoms with E-state index in [1.807, 2.05) is 36.4 Å². The molecule has 0 saturated carbocycles. The van der Waals surface area contributed by atoms with Crippen LogP contribution in [0.2, 0.25) is 10.0 Å². The van der Waals surface area contributed by atoms with Gasteiger partial charge >= 0.3 is 0 Å². The van der Waals surface area contributed by atoms with Gasteiger partial charge in [-0.1, -0.05) is 35.3 Å². The molecule has 0 aliphatic rings. The van der Waals surface area contributed by atoms with Crippen molar-refractivity contribution in [3.63, 3.8) is 0 Å². The van der Waals surface area contributed by atoms with E-state index in [-0.39, 0.29) is 0 Å². The molecular weight excluding hydrogens is 217 g/mol. The molecule has 0 amide bonds. The number of hydrogen-bond donors (Lipinski definition) is 0. The third-order valence-electron chi connectivity index (χ3n) is 1.87. The van der Waals surface area contributed by atoms with Gasteiger partial charge in [-0.3, -0.25) is 4.98 Å². The van der Waals surface area contributed by atoms with Crippen LogP contribution in [0.15, 0.2) is 42.6 Å². The summed E-state index contributed by atoms with van der Waals surface area (Å²) in [5.41, 5.74) is 1.93. The predicted octanol–water partition coefficient (Wildman–Crippen LogP) is 4.06. The van der Waals surface area contributed by atoms with Gasteiger partial charge in [0.15, 0.2) is 0 Å². The summed E-state index contributed by atoms with van der Waals surface area (Å²) in [7, 11) is 0. The molecule has 70 valence electrons. The van der Waals surface area contributed by atoms with Crippen molar-refractivity contribution in [1.82, 2.24) is 4.98 Å². The highest BCUT2D eigenvalue weighted by molar-refractivity contribution is 6.30. The maximum absolute atomic E-state index is 5.78. The first-order valence-corrected chi connectivity index (χ1v) is 4.89. The summed E-state index contributed by atoms with van der Waals surface area (Å²) < 4.78 is 0. The summed E-state index contributed by atoms with van der Waals surface area (Å²) in [6.07, 6.45) is 1.63. The van der Waals surface area contributed by atoms with Crippen LogP contribution < -0.4 is 0 Å². The van der Waals surface area contributed by atoms with Gasteiger partial charge in [0, 0.05) is 16.8 Å². The number of benzene rings is 1. The minimum atomic E-state index is 0.641. The van der Waals surface area contributed by atoms with Gasteiger partial charge in [-0.15, -0.1) is 0 Å². The number of halogens is 2. The van der Waals surface area contributed by atoms with Crippen LogP contribution in [0.5, 0.6) is 0 Å². The van der Waals surface area contributed by atoms with E-state index in [0.717, 1.165) is 16.3 Å². The zero-order valence-electron chi connectivity index (χ0n) is 7.24. The monoisotopic (exact) mass is 223 g/mol. The molecule has 2 aromatic rings. The van der Waals surface area contributed by atoms with Gasteiger partial charge in [0.25, 0.3) is 0 Å². The Balaban J connectivity index is 2.40. The molecule has 0 unspecified atom stereocenters. The van der Waals surface area contributed by atoms with Crippen LogP contribution in [0.25, 0.3) is 11.3 Å². The summed E-state index contributed by atoms with van der Waals surface area (Å²) in [4.78, 5) is 4.20. The molecule has 0 radical (unpaired) electrons. The zero-order chi connectivity index (χ0) is 9.97. The van der Waals surface area contributed by atoms with E-state index < -0.39 is 0 Å². The third-order valence-corrected chi connectivity index (χ3v) is 2.34. The van der Waals surface area contributed by atoms with Gasteiger partial charge in [0.1, 0.15) is 0 Å². The fourth-order valence-corrected chi connectivity index (χ4v) is 1.41. The molecule has 0 saturated heterocycles. The summed E-state index contributed by atoms with van der Waals surface area (Å²) in [6.45, 7) is 0. The molecule has 1 nitrogen and oxygen atoms in total. The molecule has 0 fully saturated rings. The van der Waals surface area contributed by atoms with Crippen molar-refractivity contribution in [3.05, 3.63) is 52.6 Å². The van der Waals surface area contributed by atoms with Gasteiger partial charge in [0.05, 0.1) is 10.7 Å². The van der Waals surface area contributed by atoms with E-state index in [4.69, 9.17) is 23.2 Å². The van der Waals surface area contributed by atoms with Crippen molar-refractivity contribution in [2.45, 2.75) is 0 Å². The van der Waals surface area contributed by atoms with E-state index in [1.165, 1.54) is 0 Å². The van der Waals surface area contributed by atoms with Crippen LogP contribution in [0.1, 0.15) is 0 Å². The molecule has 0 aliphatic heterocycles. The Labute approximate surface area is 92.3 Å². The summed E-state index contributed by atoms with van der Waals surface area (Å²) in [5, 5.41) is 1.37. The SMILES string of the molecule is Clc1ccc(-c2ccc(Cl)cn2)cc1. The molecule has 0 bridgehead atoms. The van der Waals surface area contributed by atoms with Crippen molar-refractivity contribution < 1.29 is 0 Å². The van der Waals surface area contributed by atoms with E-state index in [9.17, 15) is 0 Å². The maximum Gasteiger partial charge on any atom is 0.0703 e. The first kappa shape index (κ1) is 9.50. The van der Waals surface area contributed by atoms with Crippen LogP contribution in [-0.2, 0) is 0 Å². The Morgan fingerprint density at radius 3 is 2.00 bits per heavy atom. The molecule has 1 aromatic carbocycles. The molecule has 14 heavy (non-hydrogen) atoms. The van der Waals surface area contributed by atoms with Crippen LogP contribution in [0.3, 0.4) is 0 Å². The topological polar surface area (TPSA) is 12.9 Å². The van der Waals surface area contributed by atoms with Crippen molar-refractivity contribution in [3.8, 4) is 11.3 Å². The highest BCUT2D eigenvalue weighted by Gasteiger charge is 1.98. The molecule has 0 aliphatic carbocycles.